The molecule has 5 unspecified atom stereocenters. The van der Waals surface area contributed by atoms with E-state index in [9.17, 15) is 29.1 Å². The van der Waals surface area contributed by atoms with E-state index in [-0.39, 0.29) is 38.2 Å². The molecule has 0 bridgehead atoms. The van der Waals surface area contributed by atoms with Crippen LogP contribution in [0.25, 0.3) is 0 Å². The fourth-order valence-electron chi connectivity index (χ4n) is 3.54. The minimum absolute atomic E-state index is 0.0832. The second-order valence-electron chi connectivity index (χ2n) is 9.17. The lowest BCUT2D eigenvalue weighted by atomic mass is 9.98. The Bertz CT molecular complexity index is 996. The summed E-state index contributed by atoms with van der Waals surface area (Å²) in [6, 6.07) is -4.68. The second-order valence-corrected chi connectivity index (χ2v) is 9.17. The standard InChI is InChI=1S/C23H40N10O6/c1-3-12(2)18(22(38)39)33-21(37)16(6-7-17(25)34)32-20(36)15(5-4-8-29-23(26)27)31-19(35)14(24)9-13-10-28-11-30-13/h10-12,14-16,18H,3-9,24H2,1-2H3,(H2,25,34)(H,28,30)(H,31,35)(H,32,36)(H,33,37)(H,38,39)(H4,26,27,29). The molecule has 16 heteroatoms. The van der Waals surface area contributed by atoms with Gasteiger partial charge in [-0.2, -0.15) is 0 Å². The molecule has 4 amide bonds. The molecule has 1 rings (SSSR count). The molecule has 0 spiro atoms. The summed E-state index contributed by atoms with van der Waals surface area (Å²) in [5.74, 6) is -4.69. The van der Waals surface area contributed by atoms with Crippen molar-refractivity contribution in [2.45, 2.75) is 76.5 Å². The number of nitrogens with one attached hydrogen (secondary N) is 4. The summed E-state index contributed by atoms with van der Waals surface area (Å²) in [6.07, 6.45) is 3.48. The number of amides is 4. The fraction of sp³-hybridized carbons (Fsp3) is 0.609. The van der Waals surface area contributed by atoms with Gasteiger partial charge in [-0.25, -0.2) is 9.78 Å². The van der Waals surface area contributed by atoms with E-state index in [1.54, 1.807) is 13.8 Å². The number of nitrogens with zero attached hydrogens (tertiary/aromatic N) is 2. The Kier molecular flexibility index (Phi) is 14.0. The highest BCUT2D eigenvalue weighted by Gasteiger charge is 2.32. The Morgan fingerprint density at radius 1 is 1.03 bits per heavy atom. The van der Waals surface area contributed by atoms with Crippen molar-refractivity contribution >= 4 is 35.6 Å². The Labute approximate surface area is 226 Å². The maximum absolute atomic E-state index is 13.2. The lowest BCUT2D eigenvalue weighted by molar-refractivity contribution is -0.144. The van der Waals surface area contributed by atoms with Crippen LogP contribution in [0.1, 0.15) is 51.6 Å². The van der Waals surface area contributed by atoms with Crippen molar-refractivity contribution in [3.05, 3.63) is 18.2 Å². The van der Waals surface area contributed by atoms with Gasteiger partial charge in [-0.05, 0) is 25.2 Å². The molecule has 0 saturated carbocycles. The first-order valence-electron chi connectivity index (χ1n) is 12.6. The van der Waals surface area contributed by atoms with E-state index >= 15 is 0 Å². The van der Waals surface area contributed by atoms with Gasteiger partial charge >= 0.3 is 5.97 Å². The van der Waals surface area contributed by atoms with E-state index in [1.165, 1.54) is 12.5 Å². The van der Waals surface area contributed by atoms with Crippen LogP contribution < -0.4 is 38.9 Å². The number of carboxylic acids is 1. The third-order valence-electron chi connectivity index (χ3n) is 6.00. The van der Waals surface area contributed by atoms with E-state index in [2.05, 4.69) is 30.9 Å². The van der Waals surface area contributed by atoms with Crippen LogP contribution in [0, 0.1) is 5.92 Å². The zero-order valence-corrected chi connectivity index (χ0v) is 22.2. The minimum atomic E-state index is -1.30. The summed E-state index contributed by atoms with van der Waals surface area (Å²) in [5.41, 5.74) is 22.5. The highest BCUT2D eigenvalue weighted by atomic mass is 16.4. The van der Waals surface area contributed by atoms with E-state index < -0.39 is 59.7 Å². The first kappa shape index (κ1) is 32.8. The lowest BCUT2D eigenvalue weighted by Crippen LogP contribution is -2.58. The Morgan fingerprint density at radius 2 is 1.64 bits per heavy atom. The van der Waals surface area contributed by atoms with Crippen molar-refractivity contribution in [3.63, 3.8) is 0 Å². The molecule has 13 N–H and O–H groups in total. The molecule has 0 fully saturated rings. The first-order valence-corrected chi connectivity index (χ1v) is 12.6. The van der Waals surface area contributed by atoms with Crippen molar-refractivity contribution in [2.24, 2.45) is 33.8 Å². The quantitative estimate of drug-likeness (QED) is 0.0511. The zero-order chi connectivity index (χ0) is 29.5. The van der Waals surface area contributed by atoms with Gasteiger partial charge in [-0.1, -0.05) is 20.3 Å². The van der Waals surface area contributed by atoms with Crippen molar-refractivity contribution in [1.82, 2.24) is 25.9 Å². The summed E-state index contributed by atoms with van der Waals surface area (Å²) in [4.78, 5) is 72.6. The molecule has 1 heterocycles. The largest absolute Gasteiger partial charge is 0.480 e. The minimum Gasteiger partial charge on any atom is -0.480 e. The Morgan fingerprint density at radius 3 is 2.18 bits per heavy atom. The molecule has 0 aliphatic rings. The van der Waals surface area contributed by atoms with Crippen LogP contribution in [-0.4, -0.2) is 81.3 Å². The average Bonchev–Trinajstić information content (AvgIpc) is 3.38. The van der Waals surface area contributed by atoms with Gasteiger partial charge in [-0.15, -0.1) is 0 Å². The molecule has 1 aromatic heterocycles. The average molecular weight is 553 g/mol. The summed E-state index contributed by atoms with van der Waals surface area (Å²) in [5, 5.41) is 17.0. The number of carbonyl (C=O) groups is 5. The molecule has 39 heavy (non-hydrogen) atoms. The number of aliphatic imine (C=N–C) groups is 1. The van der Waals surface area contributed by atoms with Crippen LogP contribution in [-0.2, 0) is 30.4 Å². The maximum Gasteiger partial charge on any atom is 0.326 e. The number of guanidine groups is 1. The van der Waals surface area contributed by atoms with Gasteiger partial charge in [0.05, 0.1) is 12.4 Å². The van der Waals surface area contributed by atoms with Gasteiger partial charge in [0.2, 0.25) is 23.6 Å². The van der Waals surface area contributed by atoms with E-state index in [0.29, 0.717) is 18.5 Å². The monoisotopic (exact) mass is 552 g/mol. The fourth-order valence-corrected chi connectivity index (χ4v) is 3.54. The predicted octanol–water partition coefficient (Wildman–Crippen LogP) is -2.82. The van der Waals surface area contributed by atoms with Crippen molar-refractivity contribution in [3.8, 4) is 0 Å². The number of hydrogen-bond donors (Lipinski definition) is 9. The summed E-state index contributed by atoms with van der Waals surface area (Å²) < 4.78 is 0. The number of primary amides is 1. The number of H-pyrrole nitrogens is 1. The van der Waals surface area contributed by atoms with Crippen molar-refractivity contribution < 1.29 is 29.1 Å². The second kappa shape index (κ2) is 16.6. The molecule has 0 saturated heterocycles. The van der Waals surface area contributed by atoms with Gasteiger partial charge in [0.15, 0.2) is 5.96 Å². The SMILES string of the molecule is CCC(C)C(NC(=O)C(CCC(N)=O)NC(=O)C(CCCN=C(N)N)NC(=O)C(N)Cc1cnc[nH]1)C(=O)O. The number of nitrogens with two attached hydrogens (primary N) is 4. The number of carboxylic acid groups (broad SMARTS) is 1. The molecule has 218 valence electrons. The van der Waals surface area contributed by atoms with Crippen LogP contribution in [0.4, 0.5) is 0 Å². The van der Waals surface area contributed by atoms with Crippen LogP contribution in [0.3, 0.4) is 0 Å². The number of aromatic nitrogens is 2. The van der Waals surface area contributed by atoms with Crippen LogP contribution >= 0.6 is 0 Å². The molecule has 16 nitrogen and oxygen atoms in total. The maximum atomic E-state index is 13.2. The molecule has 0 aliphatic carbocycles. The van der Waals surface area contributed by atoms with E-state index in [4.69, 9.17) is 22.9 Å². The molecular weight excluding hydrogens is 512 g/mol. The van der Waals surface area contributed by atoms with Crippen molar-refractivity contribution in [2.75, 3.05) is 6.54 Å². The van der Waals surface area contributed by atoms with Crippen molar-refractivity contribution in [1.29, 1.82) is 0 Å². The third-order valence-corrected chi connectivity index (χ3v) is 6.00. The number of carbonyl (C=O) groups excluding carboxylic acids is 4. The van der Waals surface area contributed by atoms with Gasteiger partial charge in [0.25, 0.3) is 0 Å². The topological polar surface area (TPSA) is 287 Å². The van der Waals surface area contributed by atoms with Crippen LogP contribution in [0.15, 0.2) is 17.5 Å². The summed E-state index contributed by atoms with van der Waals surface area (Å²) >= 11 is 0. The molecular formula is C23H40N10O6. The molecule has 0 radical (unpaired) electrons. The zero-order valence-electron chi connectivity index (χ0n) is 22.2. The van der Waals surface area contributed by atoms with Crippen LogP contribution in [0.2, 0.25) is 0 Å². The van der Waals surface area contributed by atoms with E-state index in [1.807, 2.05) is 0 Å². The first-order chi connectivity index (χ1) is 18.3. The smallest absolute Gasteiger partial charge is 0.326 e. The number of aliphatic carboxylic acids is 1. The highest BCUT2D eigenvalue weighted by Crippen LogP contribution is 2.10. The predicted molar refractivity (Wildman–Crippen MR) is 141 cm³/mol. The molecule has 0 aliphatic heterocycles. The highest BCUT2D eigenvalue weighted by molar-refractivity contribution is 5.94. The summed E-state index contributed by atoms with van der Waals surface area (Å²) in [7, 11) is 0. The third kappa shape index (κ3) is 12.3. The Hall–Kier alpha value is -4.21. The number of aromatic amines is 1. The lowest BCUT2D eigenvalue weighted by Gasteiger charge is -2.26. The molecule has 5 atom stereocenters. The van der Waals surface area contributed by atoms with Gasteiger partial charge in [-0.3, -0.25) is 24.2 Å². The molecule has 0 aromatic carbocycles. The Balaban J connectivity index is 3.06. The van der Waals surface area contributed by atoms with Gasteiger partial charge in [0.1, 0.15) is 18.1 Å². The molecule has 1 aromatic rings. The van der Waals surface area contributed by atoms with Gasteiger partial charge in [0, 0.05) is 31.3 Å². The number of hydrogen-bond acceptors (Lipinski definition) is 8. The van der Waals surface area contributed by atoms with Crippen LogP contribution in [0.5, 0.6) is 0 Å². The number of rotatable bonds is 18. The van der Waals surface area contributed by atoms with E-state index in [0.717, 1.165) is 0 Å². The summed E-state index contributed by atoms with van der Waals surface area (Å²) in [6.45, 7) is 3.60. The van der Waals surface area contributed by atoms with Gasteiger partial charge < -0.3 is 49.0 Å². The number of imidazole rings is 1. The normalized spacial score (nSPS) is 14.6.